The minimum absolute atomic E-state index is 0.00295. The normalized spacial score (nSPS) is 12.9. The summed E-state index contributed by atoms with van der Waals surface area (Å²) in [5, 5.41) is 23.3. The summed E-state index contributed by atoms with van der Waals surface area (Å²) in [7, 11) is 0. The number of unbranched alkanes of at least 4 members (excludes halogenated alkanes) is 42. The summed E-state index contributed by atoms with van der Waals surface area (Å²) in [4.78, 5) is 24.5. The van der Waals surface area contributed by atoms with Gasteiger partial charge >= 0.3 is 5.97 Å². The van der Waals surface area contributed by atoms with Crippen LogP contribution < -0.4 is 5.32 Å². The van der Waals surface area contributed by atoms with Crippen LogP contribution in [0, 0.1) is 0 Å². The molecule has 74 heavy (non-hydrogen) atoms. The van der Waals surface area contributed by atoms with E-state index in [0.717, 1.165) is 57.8 Å². The Bertz CT molecular complexity index is 1240. The lowest BCUT2D eigenvalue weighted by atomic mass is 10.0. The molecule has 0 aliphatic heterocycles. The van der Waals surface area contributed by atoms with Crippen LogP contribution in [0.2, 0.25) is 0 Å². The highest BCUT2D eigenvalue weighted by Crippen LogP contribution is 2.17. The lowest BCUT2D eigenvalue weighted by molar-refractivity contribution is -0.143. The Morgan fingerprint density at radius 3 is 1.04 bits per heavy atom. The number of allylic oxidation sites excluding steroid dienone is 8. The van der Waals surface area contributed by atoms with Gasteiger partial charge in [0.05, 0.1) is 25.4 Å². The van der Waals surface area contributed by atoms with Crippen LogP contribution in [0.5, 0.6) is 0 Å². The maximum Gasteiger partial charge on any atom is 0.305 e. The highest BCUT2D eigenvalue weighted by atomic mass is 16.5. The highest BCUT2D eigenvalue weighted by Gasteiger charge is 2.20. The van der Waals surface area contributed by atoms with Crippen LogP contribution in [0.25, 0.3) is 0 Å². The number of carbonyl (C=O) groups is 2. The monoisotopic (exact) mass is 1040 g/mol. The van der Waals surface area contributed by atoms with Crippen molar-refractivity contribution in [1.29, 1.82) is 0 Å². The van der Waals surface area contributed by atoms with Crippen LogP contribution in [-0.2, 0) is 14.3 Å². The number of ether oxygens (including phenoxy) is 1. The molecule has 1 amide bonds. The molecular formula is C68H127NO5. The van der Waals surface area contributed by atoms with Crippen LogP contribution in [-0.4, -0.2) is 47.4 Å². The largest absolute Gasteiger partial charge is 0.466 e. The molecule has 3 N–H and O–H groups in total. The summed E-state index contributed by atoms with van der Waals surface area (Å²) in [6.45, 7) is 4.94. The van der Waals surface area contributed by atoms with Gasteiger partial charge in [-0.3, -0.25) is 9.59 Å². The summed E-state index contributed by atoms with van der Waals surface area (Å²) < 4.78 is 5.48. The molecule has 0 fully saturated rings. The third-order valence-corrected chi connectivity index (χ3v) is 15.1. The molecule has 0 spiro atoms. The Kier molecular flexibility index (Phi) is 61.5. The number of hydrogen-bond donors (Lipinski definition) is 3. The number of amides is 1. The predicted molar refractivity (Wildman–Crippen MR) is 324 cm³/mol. The average Bonchev–Trinajstić information content (AvgIpc) is 3.40. The van der Waals surface area contributed by atoms with E-state index in [-0.39, 0.29) is 18.5 Å². The van der Waals surface area contributed by atoms with Gasteiger partial charge in [-0.25, -0.2) is 0 Å². The standard InChI is InChI=1S/C68H127NO5/c1-3-5-7-9-11-13-15-17-19-34-38-42-46-50-54-58-62-68(73)74-63-59-55-51-47-43-39-35-32-30-28-26-24-22-20-21-23-25-27-29-31-33-37-41-45-49-53-57-61-67(72)69-65(64-70)66(71)60-56-52-48-44-40-36-18-16-14-12-10-8-6-4-2/h13,15,19-21,24,26,34,65-66,70-71H,3-12,14,16-18,22-23,25,27-33,35-64H2,1-2H3,(H,69,72)/b15-13-,21-20-,26-24-,34-19-. The third kappa shape index (κ3) is 59.1. The SMILES string of the molecule is CCCCCC/C=C\C/C=C\CCCCCCCC(=O)OCCCCCCCCCCC/C=C\C/C=C\CCCCCCCCCCCCCC(=O)NC(CO)C(O)CCCCCCCCCCCCCCCC. The fraction of sp³-hybridized carbons (Fsp3) is 0.853. The average molecular weight is 1040 g/mol. The summed E-state index contributed by atoms with van der Waals surface area (Å²) in [6.07, 6.45) is 81.3. The van der Waals surface area contributed by atoms with E-state index in [1.165, 1.54) is 257 Å². The molecule has 0 bridgehead atoms. The van der Waals surface area contributed by atoms with Gasteiger partial charge in [0, 0.05) is 12.8 Å². The minimum Gasteiger partial charge on any atom is -0.466 e. The van der Waals surface area contributed by atoms with Crippen molar-refractivity contribution in [3.63, 3.8) is 0 Å². The zero-order chi connectivity index (χ0) is 53.6. The van der Waals surface area contributed by atoms with E-state index >= 15 is 0 Å². The van der Waals surface area contributed by atoms with E-state index < -0.39 is 12.1 Å². The summed E-state index contributed by atoms with van der Waals surface area (Å²) in [6, 6.07) is -0.544. The van der Waals surface area contributed by atoms with Crippen LogP contribution in [0.4, 0.5) is 0 Å². The van der Waals surface area contributed by atoms with Gasteiger partial charge in [0.1, 0.15) is 0 Å². The fourth-order valence-electron chi connectivity index (χ4n) is 10.1. The first kappa shape index (κ1) is 71.8. The van der Waals surface area contributed by atoms with Crippen molar-refractivity contribution in [2.24, 2.45) is 0 Å². The second-order valence-electron chi connectivity index (χ2n) is 22.4. The number of aliphatic hydroxyl groups excluding tert-OH is 2. The van der Waals surface area contributed by atoms with Gasteiger partial charge < -0.3 is 20.3 Å². The second-order valence-corrected chi connectivity index (χ2v) is 22.4. The van der Waals surface area contributed by atoms with Gasteiger partial charge in [-0.15, -0.1) is 0 Å². The fourth-order valence-corrected chi connectivity index (χ4v) is 10.1. The van der Waals surface area contributed by atoms with Gasteiger partial charge in [0.2, 0.25) is 5.91 Å². The van der Waals surface area contributed by atoms with Gasteiger partial charge in [-0.05, 0) is 89.9 Å². The number of esters is 1. The lowest BCUT2D eigenvalue weighted by Crippen LogP contribution is -2.45. The molecule has 0 saturated heterocycles. The Balaban J connectivity index is 3.42. The summed E-state index contributed by atoms with van der Waals surface area (Å²) in [5.41, 5.74) is 0. The van der Waals surface area contributed by atoms with Crippen molar-refractivity contribution in [1.82, 2.24) is 5.32 Å². The maximum atomic E-state index is 12.5. The van der Waals surface area contributed by atoms with E-state index in [1.807, 2.05) is 0 Å². The first-order chi connectivity index (χ1) is 36.5. The van der Waals surface area contributed by atoms with Crippen molar-refractivity contribution in [3.8, 4) is 0 Å². The van der Waals surface area contributed by atoms with Gasteiger partial charge in [0.25, 0.3) is 0 Å². The molecule has 0 aromatic heterocycles. The topological polar surface area (TPSA) is 95.9 Å². The van der Waals surface area contributed by atoms with Crippen LogP contribution >= 0.6 is 0 Å². The van der Waals surface area contributed by atoms with Crippen molar-refractivity contribution < 1.29 is 24.5 Å². The second kappa shape index (κ2) is 63.4. The zero-order valence-electron chi connectivity index (χ0n) is 49.6. The Morgan fingerprint density at radius 1 is 0.378 bits per heavy atom. The third-order valence-electron chi connectivity index (χ3n) is 15.1. The molecule has 0 radical (unpaired) electrons. The Hall–Kier alpha value is -2.18. The van der Waals surface area contributed by atoms with E-state index in [0.29, 0.717) is 25.9 Å². The zero-order valence-corrected chi connectivity index (χ0v) is 49.6. The molecule has 6 nitrogen and oxygen atoms in total. The number of hydrogen-bond acceptors (Lipinski definition) is 5. The van der Waals surface area contributed by atoms with E-state index in [2.05, 4.69) is 67.8 Å². The number of carbonyl (C=O) groups excluding carboxylic acids is 2. The quantitative estimate of drug-likeness (QED) is 0.0320. The molecule has 0 rings (SSSR count). The number of aliphatic hydroxyl groups is 2. The first-order valence-electron chi connectivity index (χ1n) is 32.9. The molecule has 0 aliphatic carbocycles. The Morgan fingerprint density at radius 2 is 0.676 bits per heavy atom. The molecule has 0 saturated carbocycles. The van der Waals surface area contributed by atoms with Crippen LogP contribution in [0.3, 0.4) is 0 Å². The van der Waals surface area contributed by atoms with E-state index in [9.17, 15) is 19.8 Å². The minimum atomic E-state index is -0.667. The maximum absolute atomic E-state index is 12.5. The van der Waals surface area contributed by atoms with Crippen LogP contribution in [0.1, 0.15) is 348 Å². The molecule has 2 atom stereocenters. The number of rotatable bonds is 61. The van der Waals surface area contributed by atoms with Crippen molar-refractivity contribution in [3.05, 3.63) is 48.6 Å². The Labute approximate surface area is 461 Å². The predicted octanol–water partition coefficient (Wildman–Crippen LogP) is 20.9. The molecule has 0 aromatic rings. The summed E-state index contributed by atoms with van der Waals surface area (Å²) in [5.74, 6) is -0.0402. The van der Waals surface area contributed by atoms with Crippen molar-refractivity contribution in [2.75, 3.05) is 13.2 Å². The molecule has 0 aromatic carbocycles. The van der Waals surface area contributed by atoms with Gasteiger partial charge in [0.15, 0.2) is 0 Å². The van der Waals surface area contributed by atoms with Crippen molar-refractivity contribution >= 4 is 11.9 Å². The molecular weight excluding hydrogens is 911 g/mol. The van der Waals surface area contributed by atoms with Crippen LogP contribution in [0.15, 0.2) is 48.6 Å². The highest BCUT2D eigenvalue weighted by molar-refractivity contribution is 5.76. The molecule has 434 valence electrons. The van der Waals surface area contributed by atoms with Gasteiger partial charge in [-0.2, -0.15) is 0 Å². The number of nitrogens with one attached hydrogen (secondary N) is 1. The van der Waals surface area contributed by atoms with Crippen molar-refractivity contribution in [2.45, 2.75) is 360 Å². The molecule has 2 unspecified atom stereocenters. The molecule has 0 heterocycles. The van der Waals surface area contributed by atoms with E-state index in [4.69, 9.17) is 4.74 Å². The van der Waals surface area contributed by atoms with Gasteiger partial charge in [-0.1, -0.05) is 294 Å². The van der Waals surface area contributed by atoms with E-state index in [1.54, 1.807) is 0 Å². The molecule has 6 heteroatoms. The summed E-state index contributed by atoms with van der Waals surface area (Å²) >= 11 is 0. The smallest absolute Gasteiger partial charge is 0.305 e. The molecule has 0 aliphatic rings. The lowest BCUT2D eigenvalue weighted by Gasteiger charge is -2.22. The first-order valence-corrected chi connectivity index (χ1v) is 32.9.